The molecule has 2 N–H and O–H groups in total. The van der Waals surface area contributed by atoms with Crippen molar-refractivity contribution in [2.24, 2.45) is 0 Å². The van der Waals surface area contributed by atoms with E-state index in [0.29, 0.717) is 33.1 Å². The van der Waals surface area contributed by atoms with Crippen LogP contribution in [0, 0.1) is 5.82 Å². The van der Waals surface area contributed by atoms with Crippen LogP contribution in [0.25, 0.3) is 11.2 Å². The molecule has 0 unspecified atom stereocenters. The minimum absolute atomic E-state index is 0.0800. The van der Waals surface area contributed by atoms with Crippen molar-refractivity contribution in [2.75, 3.05) is 16.4 Å². The summed E-state index contributed by atoms with van der Waals surface area (Å²) in [4.78, 5) is 32.0. The summed E-state index contributed by atoms with van der Waals surface area (Å²) in [6.07, 6.45) is 1.36. The van der Waals surface area contributed by atoms with Gasteiger partial charge in [0, 0.05) is 23.9 Å². The topological polar surface area (TPSA) is 115 Å². The lowest BCUT2D eigenvalue weighted by Crippen LogP contribution is -2.14. The Hall–Kier alpha value is -3.86. The van der Waals surface area contributed by atoms with Crippen LogP contribution >= 0.6 is 11.8 Å². The molecule has 4 aromatic rings. The van der Waals surface area contributed by atoms with Gasteiger partial charge in [-0.2, -0.15) is 0 Å². The average molecular weight is 451 g/mol. The van der Waals surface area contributed by atoms with E-state index in [4.69, 9.17) is 0 Å². The van der Waals surface area contributed by atoms with Crippen LogP contribution < -0.4 is 10.6 Å². The van der Waals surface area contributed by atoms with Crippen LogP contribution in [0.2, 0.25) is 0 Å². The number of anilines is 2. The molecule has 0 aliphatic carbocycles. The molecule has 0 radical (unpaired) electrons. The first-order chi connectivity index (χ1) is 15.5. The number of hydrogen-bond donors (Lipinski definition) is 2. The first kappa shape index (κ1) is 21.4. The Morgan fingerprint density at radius 2 is 1.84 bits per heavy atom. The molecule has 9 nitrogen and oxygen atoms in total. The summed E-state index contributed by atoms with van der Waals surface area (Å²) < 4.78 is 15.5. The van der Waals surface area contributed by atoms with E-state index in [1.54, 1.807) is 42.5 Å². The van der Waals surface area contributed by atoms with E-state index in [-0.39, 0.29) is 29.9 Å². The van der Waals surface area contributed by atoms with E-state index in [1.807, 2.05) is 0 Å². The molecule has 162 valence electrons. The van der Waals surface area contributed by atoms with E-state index in [2.05, 4.69) is 30.9 Å². The third-order valence-electron chi connectivity index (χ3n) is 4.35. The summed E-state index contributed by atoms with van der Waals surface area (Å²) in [6, 6.07) is 13.3. The Morgan fingerprint density at radius 1 is 1.06 bits per heavy atom. The van der Waals surface area contributed by atoms with Gasteiger partial charge in [0.15, 0.2) is 11.2 Å². The number of amides is 2. The number of fused-ring (bicyclic) bond motifs is 1. The Morgan fingerprint density at radius 3 is 2.62 bits per heavy atom. The normalized spacial score (nSPS) is 10.8. The van der Waals surface area contributed by atoms with Gasteiger partial charge in [0.2, 0.25) is 11.8 Å². The highest BCUT2D eigenvalue weighted by Gasteiger charge is 2.15. The molecule has 0 fully saturated rings. The summed E-state index contributed by atoms with van der Waals surface area (Å²) in [7, 11) is 0. The molecule has 32 heavy (non-hydrogen) atoms. The first-order valence-electron chi connectivity index (χ1n) is 9.57. The maximum atomic E-state index is 14.0. The molecule has 0 aliphatic heterocycles. The van der Waals surface area contributed by atoms with E-state index >= 15 is 0 Å². The molecule has 0 atom stereocenters. The van der Waals surface area contributed by atoms with Crippen molar-refractivity contribution >= 4 is 46.1 Å². The fourth-order valence-electron chi connectivity index (χ4n) is 2.98. The second kappa shape index (κ2) is 9.52. The zero-order chi connectivity index (χ0) is 22.5. The fraction of sp³-hybridized carbons (Fsp3) is 0.143. The number of carbonyl (C=O) groups excluding carboxylic acids is 2. The molecule has 0 saturated carbocycles. The van der Waals surface area contributed by atoms with Crippen molar-refractivity contribution in [2.45, 2.75) is 18.5 Å². The molecule has 2 heterocycles. The van der Waals surface area contributed by atoms with Gasteiger partial charge in [0.05, 0.1) is 12.3 Å². The lowest BCUT2D eigenvalue weighted by atomic mass is 10.2. The van der Waals surface area contributed by atoms with E-state index in [9.17, 15) is 14.0 Å². The largest absolute Gasteiger partial charge is 0.326 e. The lowest BCUT2D eigenvalue weighted by molar-refractivity contribution is -0.114. The van der Waals surface area contributed by atoms with Crippen LogP contribution in [-0.4, -0.2) is 42.5 Å². The van der Waals surface area contributed by atoms with Gasteiger partial charge in [-0.15, -0.1) is 5.10 Å². The SMILES string of the molecule is CC(=O)Nc1cccc(NC(=O)CSc2ncnc3c2nnn3Cc2ccccc2F)c1. The highest BCUT2D eigenvalue weighted by molar-refractivity contribution is 8.00. The molecular weight excluding hydrogens is 433 g/mol. The van der Waals surface area contributed by atoms with Crippen molar-refractivity contribution in [3.05, 3.63) is 66.2 Å². The van der Waals surface area contributed by atoms with E-state index in [1.165, 1.54) is 35.8 Å². The van der Waals surface area contributed by atoms with Crippen LogP contribution in [0.1, 0.15) is 12.5 Å². The molecular formula is C21H18FN7O2S. The molecule has 0 saturated heterocycles. The van der Waals surface area contributed by atoms with Crippen molar-refractivity contribution in [3.8, 4) is 0 Å². The first-order valence-corrected chi connectivity index (χ1v) is 10.6. The lowest BCUT2D eigenvalue weighted by Gasteiger charge is -2.08. The van der Waals surface area contributed by atoms with Crippen molar-refractivity contribution < 1.29 is 14.0 Å². The van der Waals surface area contributed by atoms with Crippen molar-refractivity contribution in [1.82, 2.24) is 25.0 Å². The summed E-state index contributed by atoms with van der Waals surface area (Å²) in [6.45, 7) is 1.59. The van der Waals surface area contributed by atoms with Gasteiger partial charge >= 0.3 is 0 Å². The minimum atomic E-state index is -0.334. The maximum absolute atomic E-state index is 14.0. The van der Waals surface area contributed by atoms with Gasteiger partial charge in [0.1, 0.15) is 17.2 Å². The summed E-state index contributed by atoms with van der Waals surface area (Å²) in [5.74, 6) is -0.698. The maximum Gasteiger partial charge on any atom is 0.234 e. The van der Waals surface area contributed by atoms with E-state index in [0.717, 1.165) is 0 Å². The standard InChI is InChI=1S/C21H18FN7O2S/c1-13(30)25-15-6-4-7-16(9-15)26-18(31)11-32-21-19-20(23-12-24-21)29(28-27-19)10-14-5-2-3-8-17(14)22/h2-9,12H,10-11H2,1H3,(H,25,30)(H,26,31). The second-order valence-corrected chi connectivity index (χ2v) is 7.75. The molecule has 0 bridgehead atoms. The predicted molar refractivity (Wildman–Crippen MR) is 119 cm³/mol. The van der Waals surface area contributed by atoms with Crippen LogP contribution in [-0.2, 0) is 16.1 Å². The van der Waals surface area contributed by atoms with Gasteiger partial charge in [-0.25, -0.2) is 19.0 Å². The number of benzene rings is 2. The van der Waals surface area contributed by atoms with E-state index < -0.39 is 0 Å². The highest BCUT2D eigenvalue weighted by Crippen LogP contribution is 2.23. The Balaban J connectivity index is 1.43. The molecule has 2 aromatic carbocycles. The Labute approximate surface area is 186 Å². The summed E-state index contributed by atoms with van der Waals surface area (Å²) in [5.41, 5.74) is 2.51. The van der Waals surface area contributed by atoms with Crippen molar-refractivity contribution in [1.29, 1.82) is 0 Å². The quantitative estimate of drug-likeness (QED) is 0.328. The van der Waals surface area contributed by atoms with Gasteiger partial charge in [-0.3, -0.25) is 9.59 Å². The number of nitrogens with zero attached hydrogens (tertiary/aromatic N) is 5. The zero-order valence-electron chi connectivity index (χ0n) is 16.9. The number of halogens is 1. The number of carbonyl (C=O) groups is 2. The highest BCUT2D eigenvalue weighted by atomic mass is 32.2. The number of thioether (sulfide) groups is 1. The monoisotopic (exact) mass is 451 g/mol. The number of nitrogens with one attached hydrogen (secondary N) is 2. The van der Waals surface area contributed by atoms with Gasteiger partial charge < -0.3 is 10.6 Å². The molecule has 0 aliphatic rings. The molecule has 4 rings (SSSR count). The second-order valence-electron chi connectivity index (χ2n) is 6.79. The molecule has 2 aromatic heterocycles. The van der Waals surface area contributed by atoms with Gasteiger partial charge in [0.25, 0.3) is 0 Å². The smallest absolute Gasteiger partial charge is 0.234 e. The summed E-state index contributed by atoms with van der Waals surface area (Å²) in [5, 5.41) is 14.1. The van der Waals surface area contributed by atoms with Crippen LogP contribution in [0.3, 0.4) is 0 Å². The Bertz CT molecular complexity index is 1290. The summed E-state index contributed by atoms with van der Waals surface area (Å²) >= 11 is 1.19. The average Bonchev–Trinajstić information content (AvgIpc) is 3.17. The van der Waals surface area contributed by atoms with Gasteiger partial charge in [-0.05, 0) is 24.3 Å². The number of rotatable bonds is 7. The number of aromatic nitrogens is 5. The van der Waals surface area contributed by atoms with Gasteiger partial charge in [-0.1, -0.05) is 41.2 Å². The van der Waals surface area contributed by atoms with Crippen molar-refractivity contribution in [3.63, 3.8) is 0 Å². The third-order valence-corrected chi connectivity index (χ3v) is 5.33. The number of hydrogen-bond acceptors (Lipinski definition) is 7. The molecule has 0 spiro atoms. The third kappa shape index (κ3) is 5.06. The predicted octanol–water partition coefficient (Wildman–Crippen LogP) is 3.10. The van der Waals surface area contributed by atoms with Crippen LogP contribution in [0.5, 0.6) is 0 Å². The van der Waals surface area contributed by atoms with Crippen LogP contribution in [0.4, 0.5) is 15.8 Å². The Kier molecular flexibility index (Phi) is 6.36. The fourth-order valence-corrected chi connectivity index (χ4v) is 3.71. The molecule has 11 heteroatoms. The molecule has 2 amide bonds. The van der Waals surface area contributed by atoms with Crippen LogP contribution in [0.15, 0.2) is 59.9 Å². The minimum Gasteiger partial charge on any atom is -0.326 e. The zero-order valence-corrected chi connectivity index (χ0v) is 17.8.